The summed E-state index contributed by atoms with van der Waals surface area (Å²) in [5.74, 6) is 1.26. The largest absolute Gasteiger partial charge is 0.356 e. The monoisotopic (exact) mass is 259 g/mol. The highest BCUT2D eigenvalue weighted by molar-refractivity contribution is 5.49. The highest BCUT2D eigenvalue weighted by Crippen LogP contribution is 2.36. The van der Waals surface area contributed by atoms with E-state index in [0.29, 0.717) is 6.04 Å². The zero-order chi connectivity index (χ0) is 13.1. The summed E-state index contributed by atoms with van der Waals surface area (Å²) in [6, 6.07) is 5.00. The number of piperidine rings is 1. The van der Waals surface area contributed by atoms with Crippen LogP contribution in [-0.2, 0) is 0 Å². The number of hydrogen-bond donors (Lipinski definition) is 0. The van der Waals surface area contributed by atoms with E-state index in [2.05, 4.69) is 28.9 Å². The Morgan fingerprint density at radius 1 is 1.16 bits per heavy atom. The second-order valence-corrected chi connectivity index (χ2v) is 5.75. The van der Waals surface area contributed by atoms with Crippen LogP contribution in [0.25, 0.3) is 0 Å². The van der Waals surface area contributed by atoms with Gasteiger partial charge in [0.2, 0.25) is 0 Å². The number of nitrogens with zero attached hydrogens (tertiary/aromatic N) is 3. The summed E-state index contributed by atoms with van der Waals surface area (Å²) in [6.07, 6.45) is 8.59. The summed E-state index contributed by atoms with van der Waals surface area (Å²) < 4.78 is 0. The van der Waals surface area contributed by atoms with Crippen molar-refractivity contribution in [2.75, 3.05) is 31.1 Å². The number of hydrogen-bond acceptors (Lipinski definition) is 3. The van der Waals surface area contributed by atoms with Crippen LogP contribution in [0.5, 0.6) is 0 Å². The van der Waals surface area contributed by atoms with Gasteiger partial charge in [0.25, 0.3) is 0 Å². The lowest BCUT2D eigenvalue weighted by Crippen LogP contribution is -2.32. The minimum absolute atomic E-state index is 0.593. The third kappa shape index (κ3) is 2.62. The van der Waals surface area contributed by atoms with Crippen molar-refractivity contribution in [2.45, 2.75) is 45.1 Å². The molecule has 0 saturated carbocycles. The van der Waals surface area contributed by atoms with E-state index in [1.807, 2.05) is 6.20 Å². The quantitative estimate of drug-likeness (QED) is 0.831. The second-order valence-electron chi connectivity index (χ2n) is 5.75. The lowest BCUT2D eigenvalue weighted by molar-refractivity contribution is 0.271. The SMILES string of the molecule is CCN1CCC[C@H]1c1cccnc1N1CCCCC1. The molecule has 0 amide bonds. The van der Waals surface area contributed by atoms with Crippen molar-refractivity contribution >= 4 is 5.82 Å². The van der Waals surface area contributed by atoms with E-state index in [0.717, 1.165) is 6.54 Å². The molecule has 0 N–H and O–H groups in total. The number of pyridine rings is 1. The molecule has 3 heteroatoms. The normalized spacial score (nSPS) is 24.9. The maximum absolute atomic E-state index is 4.71. The molecule has 0 bridgehead atoms. The van der Waals surface area contributed by atoms with Crippen LogP contribution in [0, 0.1) is 0 Å². The summed E-state index contributed by atoms with van der Waals surface area (Å²) in [5.41, 5.74) is 1.46. The van der Waals surface area contributed by atoms with Crippen molar-refractivity contribution in [3.8, 4) is 0 Å². The molecule has 2 saturated heterocycles. The highest BCUT2D eigenvalue weighted by atomic mass is 15.2. The van der Waals surface area contributed by atoms with Crippen molar-refractivity contribution in [2.24, 2.45) is 0 Å². The standard InChI is InChI=1S/C16H25N3/c1-2-18-13-7-9-15(18)14-8-6-10-17-16(14)19-11-4-3-5-12-19/h6,8,10,15H,2-5,7,9,11-13H2,1H3/t15-/m0/s1. The average Bonchev–Trinajstić information content (AvgIpc) is 2.96. The number of likely N-dealkylation sites (tertiary alicyclic amines) is 1. The van der Waals surface area contributed by atoms with Crippen LogP contribution < -0.4 is 4.90 Å². The van der Waals surface area contributed by atoms with Gasteiger partial charge in [-0.3, -0.25) is 4.90 Å². The molecular weight excluding hydrogens is 234 g/mol. The van der Waals surface area contributed by atoms with E-state index in [1.165, 1.54) is 63.1 Å². The number of aromatic nitrogens is 1. The molecule has 1 atom stereocenters. The first-order valence-electron chi connectivity index (χ1n) is 7.84. The van der Waals surface area contributed by atoms with Gasteiger partial charge in [-0.15, -0.1) is 0 Å². The molecule has 1 aromatic heterocycles. The van der Waals surface area contributed by atoms with Gasteiger partial charge in [0.05, 0.1) is 0 Å². The molecule has 0 unspecified atom stereocenters. The van der Waals surface area contributed by atoms with E-state index in [1.54, 1.807) is 0 Å². The van der Waals surface area contributed by atoms with Crippen LogP contribution >= 0.6 is 0 Å². The molecule has 3 nitrogen and oxygen atoms in total. The molecule has 3 heterocycles. The Morgan fingerprint density at radius 2 is 2.00 bits per heavy atom. The second kappa shape index (κ2) is 5.91. The van der Waals surface area contributed by atoms with E-state index in [4.69, 9.17) is 4.98 Å². The zero-order valence-electron chi connectivity index (χ0n) is 12.0. The first-order chi connectivity index (χ1) is 9.40. The fourth-order valence-electron chi connectivity index (χ4n) is 3.60. The first-order valence-corrected chi connectivity index (χ1v) is 7.84. The smallest absolute Gasteiger partial charge is 0.133 e. The first kappa shape index (κ1) is 12.9. The van der Waals surface area contributed by atoms with E-state index in [-0.39, 0.29) is 0 Å². The van der Waals surface area contributed by atoms with Crippen molar-refractivity contribution < 1.29 is 0 Å². The zero-order valence-corrected chi connectivity index (χ0v) is 12.0. The third-order valence-electron chi connectivity index (χ3n) is 4.60. The fraction of sp³-hybridized carbons (Fsp3) is 0.688. The lowest BCUT2D eigenvalue weighted by atomic mass is 10.0. The molecule has 0 spiro atoms. The predicted molar refractivity (Wildman–Crippen MR) is 79.5 cm³/mol. The maximum Gasteiger partial charge on any atom is 0.133 e. The minimum Gasteiger partial charge on any atom is -0.356 e. The lowest BCUT2D eigenvalue weighted by Gasteiger charge is -2.32. The summed E-state index contributed by atoms with van der Waals surface area (Å²) in [5, 5.41) is 0. The van der Waals surface area contributed by atoms with Crippen molar-refractivity contribution in [3.63, 3.8) is 0 Å². The molecular formula is C16H25N3. The van der Waals surface area contributed by atoms with Crippen LogP contribution in [0.2, 0.25) is 0 Å². The molecule has 3 rings (SSSR count). The minimum atomic E-state index is 0.593. The molecule has 0 aliphatic carbocycles. The van der Waals surface area contributed by atoms with Crippen molar-refractivity contribution in [1.29, 1.82) is 0 Å². The van der Waals surface area contributed by atoms with Gasteiger partial charge in [0.15, 0.2) is 0 Å². The fourth-order valence-corrected chi connectivity index (χ4v) is 3.60. The van der Waals surface area contributed by atoms with Gasteiger partial charge in [0, 0.05) is 30.9 Å². The Bertz CT molecular complexity index is 412. The summed E-state index contributed by atoms with van der Waals surface area (Å²) in [4.78, 5) is 9.82. The van der Waals surface area contributed by atoms with E-state index >= 15 is 0 Å². The van der Waals surface area contributed by atoms with E-state index in [9.17, 15) is 0 Å². The van der Waals surface area contributed by atoms with Gasteiger partial charge in [-0.05, 0) is 51.3 Å². The van der Waals surface area contributed by atoms with Gasteiger partial charge < -0.3 is 4.90 Å². The van der Waals surface area contributed by atoms with Gasteiger partial charge in [-0.25, -0.2) is 4.98 Å². The Balaban J connectivity index is 1.88. The Hall–Kier alpha value is -1.09. The Labute approximate surface area is 116 Å². The number of anilines is 1. The van der Waals surface area contributed by atoms with Crippen LogP contribution in [0.4, 0.5) is 5.82 Å². The topological polar surface area (TPSA) is 19.4 Å². The van der Waals surface area contributed by atoms with Gasteiger partial charge in [0.1, 0.15) is 5.82 Å². The van der Waals surface area contributed by atoms with Crippen molar-refractivity contribution in [1.82, 2.24) is 9.88 Å². The molecule has 2 fully saturated rings. The van der Waals surface area contributed by atoms with Crippen LogP contribution in [0.15, 0.2) is 18.3 Å². The summed E-state index contributed by atoms with van der Waals surface area (Å²) >= 11 is 0. The van der Waals surface area contributed by atoms with Gasteiger partial charge in [-0.1, -0.05) is 13.0 Å². The molecule has 2 aliphatic heterocycles. The predicted octanol–water partition coefficient (Wildman–Crippen LogP) is 3.23. The van der Waals surface area contributed by atoms with Crippen LogP contribution in [0.3, 0.4) is 0 Å². The van der Waals surface area contributed by atoms with E-state index < -0.39 is 0 Å². The van der Waals surface area contributed by atoms with Crippen LogP contribution in [0.1, 0.15) is 50.6 Å². The summed E-state index contributed by atoms with van der Waals surface area (Å²) in [6.45, 7) is 7.04. The Morgan fingerprint density at radius 3 is 2.79 bits per heavy atom. The molecule has 19 heavy (non-hydrogen) atoms. The summed E-state index contributed by atoms with van der Waals surface area (Å²) in [7, 11) is 0. The third-order valence-corrected chi connectivity index (χ3v) is 4.60. The molecule has 104 valence electrons. The average molecular weight is 259 g/mol. The maximum atomic E-state index is 4.71. The highest BCUT2D eigenvalue weighted by Gasteiger charge is 2.28. The van der Waals surface area contributed by atoms with Crippen molar-refractivity contribution in [3.05, 3.63) is 23.9 Å². The van der Waals surface area contributed by atoms with Gasteiger partial charge >= 0.3 is 0 Å². The molecule has 1 aromatic rings. The Kier molecular flexibility index (Phi) is 4.02. The molecule has 0 aromatic carbocycles. The van der Waals surface area contributed by atoms with Gasteiger partial charge in [-0.2, -0.15) is 0 Å². The van der Waals surface area contributed by atoms with Crippen LogP contribution in [-0.4, -0.2) is 36.1 Å². The molecule has 0 radical (unpaired) electrons. The number of rotatable bonds is 3. The molecule has 2 aliphatic rings.